The molecule has 6 rings (SSSR count). The van der Waals surface area contributed by atoms with Crippen LogP contribution in [-0.4, -0.2) is 91.2 Å². The molecule has 1 aromatic carbocycles. The van der Waals surface area contributed by atoms with E-state index in [0.717, 1.165) is 30.6 Å². The highest BCUT2D eigenvalue weighted by atomic mass is 35.5. The van der Waals surface area contributed by atoms with Gasteiger partial charge in [0.2, 0.25) is 0 Å². The van der Waals surface area contributed by atoms with Crippen molar-refractivity contribution in [2.24, 2.45) is 0 Å². The standard InChI is InChI=1S/C29H35ClN6O3/c1-19(35-10-7-20-5-4-6-24(30)27(20)35)23-15-21(29(38)34-9-8-22(18-34)32(2)3)17-36-26(37)16-25(31-28(23)36)33-11-13-39-14-12-33/h4-6,15-17,19,22H,7-14,18H2,1-3H3/t19?,22-/m1/s1. The van der Waals surface area contributed by atoms with Gasteiger partial charge in [-0.25, -0.2) is 4.98 Å². The van der Waals surface area contributed by atoms with Gasteiger partial charge in [0.15, 0.2) is 0 Å². The van der Waals surface area contributed by atoms with Gasteiger partial charge in [0.25, 0.3) is 11.5 Å². The van der Waals surface area contributed by atoms with Crippen molar-refractivity contribution in [2.45, 2.75) is 31.8 Å². The number of aromatic nitrogens is 2. The second kappa shape index (κ2) is 10.4. The molecular weight excluding hydrogens is 516 g/mol. The summed E-state index contributed by atoms with van der Waals surface area (Å²) in [5.74, 6) is 0.586. The predicted octanol–water partition coefficient (Wildman–Crippen LogP) is 3.08. The Morgan fingerprint density at radius 3 is 2.69 bits per heavy atom. The molecule has 3 aliphatic rings. The number of amides is 1. The first-order valence-electron chi connectivity index (χ1n) is 13.7. The number of nitrogens with zero attached hydrogens (tertiary/aromatic N) is 6. The van der Waals surface area contributed by atoms with Crippen LogP contribution in [0.3, 0.4) is 0 Å². The van der Waals surface area contributed by atoms with Crippen molar-refractivity contribution in [2.75, 3.05) is 69.8 Å². The van der Waals surface area contributed by atoms with Crippen LogP contribution in [0.4, 0.5) is 11.5 Å². The normalized spacial score (nSPS) is 20.2. The van der Waals surface area contributed by atoms with Crippen LogP contribution in [0.5, 0.6) is 0 Å². The van der Waals surface area contributed by atoms with E-state index in [0.29, 0.717) is 67.5 Å². The zero-order valence-electron chi connectivity index (χ0n) is 22.8. The molecule has 1 amide bonds. The number of hydrogen-bond donors (Lipinski definition) is 0. The summed E-state index contributed by atoms with van der Waals surface area (Å²) in [6, 6.07) is 9.69. The molecule has 3 aromatic rings. The fourth-order valence-electron chi connectivity index (χ4n) is 6.12. The number of carbonyl (C=O) groups excluding carboxylic acids is 1. The summed E-state index contributed by atoms with van der Waals surface area (Å²) < 4.78 is 7.06. The monoisotopic (exact) mass is 550 g/mol. The number of likely N-dealkylation sites (tertiary alicyclic amines) is 1. The maximum atomic E-state index is 13.7. The zero-order valence-corrected chi connectivity index (χ0v) is 23.5. The molecule has 0 aliphatic carbocycles. The first-order valence-corrected chi connectivity index (χ1v) is 14.1. The molecular formula is C29H35ClN6O3. The molecule has 10 heteroatoms. The number of likely N-dealkylation sites (N-methyl/N-ethyl adjacent to an activating group) is 1. The Morgan fingerprint density at radius 1 is 1.15 bits per heavy atom. The van der Waals surface area contributed by atoms with Crippen LogP contribution in [0.15, 0.2) is 41.3 Å². The van der Waals surface area contributed by atoms with Crippen molar-refractivity contribution in [3.8, 4) is 0 Å². The van der Waals surface area contributed by atoms with E-state index in [1.54, 1.807) is 16.7 Å². The van der Waals surface area contributed by atoms with Gasteiger partial charge in [-0.2, -0.15) is 0 Å². The summed E-state index contributed by atoms with van der Waals surface area (Å²) in [5.41, 5.74) is 3.94. The SMILES string of the molecule is CC(c1cc(C(=O)N2CC[C@@H](N(C)C)C2)cn2c(=O)cc(N3CCOCC3)nc12)N1CCc2cccc(Cl)c21. The summed E-state index contributed by atoms with van der Waals surface area (Å²) in [5, 5.41) is 0.708. The molecule has 5 heterocycles. The smallest absolute Gasteiger partial charge is 0.259 e. The Balaban J connectivity index is 1.46. The van der Waals surface area contributed by atoms with E-state index in [-0.39, 0.29) is 17.5 Å². The minimum atomic E-state index is -0.197. The zero-order chi connectivity index (χ0) is 27.3. The Labute approximate surface area is 233 Å². The lowest BCUT2D eigenvalue weighted by atomic mass is 10.0. The van der Waals surface area contributed by atoms with Crippen LogP contribution in [0.25, 0.3) is 5.65 Å². The largest absolute Gasteiger partial charge is 0.378 e. The summed E-state index contributed by atoms with van der Waals surface area (Å²) in [6.07, 6.45) is 3.49. The number of halogens is 1. The number of anilines is 2. The van der Waals surface area contributed by atoms with Gasteiger partial charge in [0.05, 0.1) is 35.5 Å². The van der Waals surface area contributed by atoms with Gasteiger partial charge >= 0.3 is 0 Å². The van der Waals surface area contributed by atoms with Crippen LogP contribution in [0.2, 0.25) is 5.02 Å². The molecule has 0 N–H and O–H groups in total. The number of pyridine rings is 1. The average Bonchev–Trinajstić information content (AvgIpc) is 3.61. The van der Waals surface area contributed by atoms with Crippen LogP contribution in [0, 0.1) is 0 Å². The van der Waals surface area contributed by atoms with Gasteiger partial charge in [-0.1, -0.05) is 23.7 Å². The van der Waals surface area contributed by atoms with Gasteiger partial charge < -0.3 is 24.3 Å². The lowest BCUT2D eigenvalue weighted by Gasteiger charge is -2.31. The van der Waals surface area contributed by atoms with E-state index >= 15 is 0 Å². The Morgan fingerprint density at radius 2 is 1.95 bits per heavy atom. The third-order valence-corrected chi connectivity index (χ3v) is 8.74. The maximum absolute atomic E-state index is 13.7. The topological polar surface area (TPSA) is 73.6 Å². The minimum absolute atomic E-state index is 0.0567. The molecule has 2 fully saturated rings. The van der Waals surface area contributed by atoms with Crippen molar-refractivity contribution in [1.82, 2.24) is 19.2 Å². The fraction of sp³-hybridized carbons (Fsp3) is 0.483. The highest BCUT2D eigenvalue weighted by molar-refractivity contribution is 6.33. The molecule has 2 aromatic heterocycles. The van der Waals surface area contributed by atoms with Crippen molar-refractivity contribution in [3.63, 3.8) is 0 Å². The van der Waals surface area contributed by atoms with Gasteiger partial charge in [0.1, 0.15) is 11.5 Å². The van der Waals surface area contributed by atoms with Gasteiger partial charge in [-0.3, -0.25) is 14.0 Å². The fourth-order valence-corrected chi connectivity index (χ4v) is 6.42. The number of fused-ring (bicyclic) bond motifs is 2. The van der Waals surface area contributed by atoms with Crippen molar-refractivity contribution < 1.29 is 9.53 Å². The van der Waals surface area contributed by atoms with E-state index in [1.165, 1.54) is 5.56 Å². The lowest BCUT2D eigenvalue weighted by Crippen LogP contribution is -2.38. The van der Waals surface area contributed by atoms with E-state index in [4.69, 9.17) is 21.3 Å². The number of rotatable bonds is 5. The molecule has 3 aliphatic heterocycles. The third kappa shape index (κ3) is 4.77. The van der Waals surface area contributed by atoms with Gasteiger partial charge in [-0.05, 0) is 51.6 Å². The molecule has 9 nitrogen and oxygen atoms in total. The Bertz CT molecular complexity index is 1470. The average molecular weight is 551 g/mol. The molecule has 0 spiro atoms. The number of hydrogen-bond acceptors (Lipinski definition) is 7. The van der Waals surface area contributed by atoms with Gasteiger partial charge in [-0.15, -0.1) is 0 Å². The highest BCUT2D eigenvalue weighted by Gasteiger charge is 2.32. The van der Waals surface area contributed by atoms with E-state index < -0.39 is 0 Å². The van der Waals surface area contributed by atoms with Crippen LogP contribution in [0.1, 0.15) is 40.9 Å². The molecule has 2 saturated heterocycles. The molecule has 0 radical (unpaired) electrons. The highest BCUT2D eigenvalue weighted by Crippen LogP contribution is 2.41. The minimum Gasteiger partial charge on any atom is -0.378 e. The Hall–Kier alpha value is -3.14. The van der Waals surface area contributed by atoms with E-state index in [9.17, 15) is 9.59 Å². The molecule has 206 valence electrons. The summed E-state index contributed by atoms with van der Waals surface area (Å²) in [6.45, 7) is 6.84. The quantitative estimate of drug-likeness (QED) is 0.483. The second-order valence-corrected chi connectivity index (χ2v) is 11.4. The van der Waals surface area contributed by atoms with Crippen molar-refractivity contribution in [1.29, 1.82) is 0 Å². The molecule has 39 heavy (non-hydrogen) atoms. The third-order valence-electron chi connectivity index (χ3n) is 8.44. The molecule has 2 atom stereocenters. The number of para-hydroxylation sites is 1. The summed E-state index contributed by atoms with van der Waals surface area (Å²) in [7, 11) is 4.09. The number of carbonyl (C=O) groups is 1. The maximum Gasteiger partial charge on any atom is 0.259 e. The predicted molar refractivity (Wildman–Crippen MR) is 153 cm³/mol. The molecule has 0 bridgehead atoms. The first-order chi connectivity index (χ1) is 18.8. The first kappa shape index (κ1) is 26.1. The number of ether oxygens (including phenoxy) is 1. The second-order valence-electron chi connectivity index (χ2n) is 11.0. The van der Waals surface area contributed by atoms with Crippen LogP contribution < -0.4 is 15.4 Å². The summed E-state index contributed by atoms with van der Waals surface area (Å²) >= 11 is 6.68. The van der Waals surface area contributed by atoms with Crippen LogP contribution >= 0.6 is 11.6 Å². The van der Waals surface area contributed by atoms with E-state index in [2.05, 4.69) is 27.7 Å². The summed E-state index contributed by atoms with van der Waals surface area (Å²) in [4.78, 5) is 40.7. The number of benzene rings is 1. The van der Waals surface area contributed by atoms with Crippen LogP contribution in [-0.2, 0) is 11.2 Å². The van der Waals surface area contributed by atoms with E-state index in [1.807, 2.05) is 37.2 Å². The Kier molecular flexibility index (Phi) is 6.99. The molecule has 0 saturated carbocycles. The van der Waals surface area contributed by atoms with Gasteiger partial charge in [0, 0.05) is 56.6 Å². The lowest BCUT2D eigenvalue weighted by molar-refractivity contribution is 0.0782. The number of morpholine rings is 1. The van der Waals surface area contributed by atoms with Crippen molar-refractivity contribution in [3.05, 3.63) is 68.6 Å². The molecule has 1 unspecified atom stereocenters. The van der Waals surface area contributed by atoms with Crippen molar-refractivity contribution >= 4 is 34.7 Å².